The molecule has 2 aromatic rings. The molecular formula is C9H8BrClN2S. The standard InChI is InChI=1S/C9H7BrN2S.ClH/c10-6-2-1-3-7-5(6)4-8(13-7)9(11)12;/h1-4H,(H3,11,12);1H. The zero-order valence-electron chi connectivity index (χ0n) is 7.08. The quantitative estimate of drug-likeness (QED) is 0.614. The van der Waals surface area contributed by atoms with Crippen molar-refractivity contribution in [1.29, 1.82) is 5.41 Å². The molecule has 5 heteroatoms. The number of nitrogens with two attached hydrogens (primary N) is 1. The fourth-order valence-corrected chi connectivity index (χ4v) is 2.72. The summed E-state index contributed by atoms with van der Waals surface area (Å²) in [7, 11) is 0. The van der Waals surface area contributed by atoms with Crippen LogP contribution in [0.4, 0.5) is 0 Å². The highest BCUT2D eigenvalue weighted by Gasteiger charge is 2.05. The van der Waals surface area contributed by atoms with Crippen molar-refractivity contribution in [2.24, 2.45) is 5.73 Å². The smallest absolute Gasteiger partial charge is 0.133 e. The minimum absolute atomic E-state index is 0. The summed E-state index contributed by atoms with van der Waals surface area (Å²) in [5, 5.41) is 8.43. The summed E-state index contributed by atoms with van der Waals surface area (Å²) in [5.74, 6) is 0.133. The van der Waals surface area contributed by atoms with E-state index in [1.165, 1.54) is 11.3 Å². The largest absolute Gasteiger partial charge is 0.383 e. The minimum Gasteiger partial charge on any atom is -0.383 e. The van der Waals surface area contributed by atoms with E-state index in [1.807, 2.05) is 24.3 Å². The lowest BCUT2D eigenvalue weighted by Gasteiger charge is -1.89. The van der Waals surface area contributed by atoms with Gasteiger partial charge in [0.05, 0.1) is 4.88 Å². The topological polar surface area (TPSA) is 49.9 Å². The molecular weight excluding hydrogens is 284 g/mol. The Bertz CT molecular complexity index is 481. The summed E-state index contributed by atoms with van der Waals surface area (Å²) in [5.41, 5.74) is 5.41. The second-order valence-electron chi connectivity index (χ2n) is 2.68. The SMILES string of the molecule is Cl.N=C(N)c1cc2c(Br)cccc2s1. The van der Waals surface area contributed by atoms with Gasteiger partial charge in [0, 0.05) is 14.6 Å². The van der Waals surface area contributed by atoms with Gasteiger partial charge in [0.25, 0.3) is 0 Å². The van der Waals surface area contributed by atoms with E-state index in [1.54, 1.807) is 0 Å². The number of amidine groups is 1. The first-order valence-electron chi connectivity index (χ1n) is 3.71. The van der Waals surface area contributed by atoms with Gasteiger partial charge >= 0.3 is 0 Å². The number of thiophene rings is 1. The summed E-state index contributed by atoms with van der Waals surface area (Å²) in [6.45, 7) is 0. The van der Waals surface area contributed by atoms with Crippen molar-refractivity contribution in [1.82, 2.24) is 0 Å². The first-order chi connectivity index (χ1) is 6.18. The van der Waals surface area contributed by atoms with Crippen LogP contribution in [0.15, 0.2) is 28.7 Å². The van der Waals surface area contributed by atoms with Gasteiger partial charge in [0.1, 0.15) is 5.84 Å². The van der Waals surface area contributed by atoms with Crippen LogP contribution in [0.2, 0.25) is 0 Å². The molecule has 0 atom stereocenters. The summed E-state index contributed by atoms with van der Waals surface area (Å²) in [6, 6.07) is 7.93. The summed E-state index contributed by atoms with van der Waals surface area (Å²) >= 11 is 4.99. The molecule has 0 aliphatic carbocycles. The molecule has 0 amide bonds. The van der Waals surface area contributed by atoms with Crippen LogP contribution in [0, 0.1) is 5.41 Å². The highest BCUT2D eigenvalue weighted by Crippen LogP contribution is 2.30. The Balaban J connectivity index is 0.000000980. The van der Waals surface area contributed by atoms with Crippen molar-refractivity contribution >= 4 is 55.6 Å². The molecule has 1 aromatic heterocycles. The average molecular weight is 292 g/mol. The molecule has 14 heavy (non-hydrogen) atoms. The van der Waals surface area contributed by atoms with Crippen molar-refractivity contribution in [3.63, 3.8) is 0 Å². The maximum Gasteiger partial charge on any atom is 0.133 e. The lowest BCUT2D eigenvalue weighted by atomic mass is 10.2. The normalized spacial score (nSPS) is 9.79. The van der Waals surface area contributed by atoms with E-state index in [0.717, 1.165) is 19.4 Å². The Labute approximate surface area is 100 Å². The van der Waals surface area contributed by atoms with Crippen LogP contribution in [0.25, 0.3) is 10.1 Å². The third kappa shape index (κ3) is 1.92. The molecule has 2 rings (SSSR count). The van der Waals surface area contributed by atoms with Crippen LogP contribution < -0.4 is 5.73 Å². The molecule has 74 valence electrons. The number of rotatable bonds is 1. The van der Waals surface area contributed by atoms with Gasteiger partial charge in [0.15, 0.2) is 0 Å². The third-order valence-corrected chi connectivity index (χ3v) is 3.60. The van der Waals surface area contributed by atoms with Crippen molar-refractivity contribution in [2.75, 3.05) is 0 Å². The molecule has 0 saturated carbocycles. The molecule has 1 heterocycles. The maximum absolute atomic E-state index is 7.31. The number of fused-ring (bicyclic) bond motifs is 1. The maximum atomic E-state index is 7.31. The van der Waals surface area contributed by atoms with Gasteiger partial charge in [-0.25, -0.2) is 0 Å². The zero-order chi connectivity index (χ0) is 9.42. The first kappa shape index (κ1) is 11.5. The van der Waals surface area contributed by atoms with E-state index in [0.29, 0.717) is 0 Å². The van der Waals surface area contributed by atoms with Crippen molar-refractivity contribution in [3.8, 4) is 0 Å². The summed E-state index contributed by atoms with van der Waals surface area (Å²) in [6.07, 6.45) is 0. The van der Waals surface area contributed by atoms with Gasteiger partial charge in [0.2, 0.25) is 0 Å². The van der Waals surface area contributed by atoms with E-state index < -0.39 is 0 Å². The van der Waals surface area contributed by atoms with Gasteiger partial charge in [-0.3, -0.25) is 5.41 Å². The monoisotopic (exact) mass is 290 g/mol. The van der Waals surface area contributed by atoms with Crippen LogP contribution >= 0.6 is 39.7 Å². The Morgan fingerprint density at radius 1 is 1.43 bits per heavy atom. The van der Waals surface area contributed by atoms with Gasteiger partial charge in [-0.15, -0.1) is 23.7 Å². The van der Waals surface area contributed by atoms with Crippen molar-refractivity contribution < 1.29 is 0 Å². The Morgan fingerprint density at radius 3 is 2.71 bits per heavy atom. The fraction of sp³-hybridized carbons (Fsp3) is 0. The van der Waals surface area contributed by atoms with E-state index in [-0.39, 0.29) is 18.2 Å². The van der Waals surface area contributed by atoms with Gasteiger partial charge in [-0.05, 0) is 18.2 Å². The molecule has 0 saturated heterocycles. The molecule has 0 aliphatic heterocycles. The predicted molar refractivity (Wildman–Crippen MR) is 67.8 cm³/mol. The zero-order valence-corrected chi connectivity index (χ0v) is 10.3. The highest BCUT2D eigenvalue weighted by atomic mass is 79.9. The van der Waals surface area contributed by atoms with E-state index in [9.17, 15) is 0 Å². The molecule has 0 fully saturated rings. The van der Waals surface area contributed by atoms with Crippen molar-refractivity contribution in [2.45, 2.75) is 0 Å². The van der Waals surface area contributed by atoms with Gasteiger partial charge in [-0.1, -0.05) is 22.0 Å². The lowest BCUT2D eigenvalue weighted by molar-refractivity contribution is 1.46. The third-order valence-electron chi connectivity index (χ3n) is 1.77. The first-order valence-corrected chi connectivity index (χ1v) is 5.32. The summed E-state index contributed by atoms with van der Waals surface area (Å²) < 4.78 is 2.20. The van der Waals surface area contributed by atoms with Gasteiger partial charge < -0.3 is 5.73 Å². The number of nitrogens with one attached hydrogen (secondary N) is 1. The fourth-order valence-electron chi connectivity index (χ4n) is 1.16. The van der Waals surface area contributed by atoms with Gasteiger partial charge in [-0.2, -0.15) is 0 Å². The van der Waals surface area contributed by atoms with Crippen LogP contribution in [0.3, 0.4) is 0 Å². The van der Waals surface area contributed by atoms with Crippen LogP contribution in [0.1, 0.15) is 4.88 Å². The number of hydrogen-bond acceptors (Lipinski definition) is 2. The van der Waals surface area contributed by atoms with Crippen LogP contribution in [0.5, 0.6) is 0 Å². The Morgan fingerprint density at radius 2 is 2.14 bits per heavy atom. The molecule has 1 aromatic carbocycles. The lowest BCUT2D eigenvalue weighted by Crippen LogP contribution is -2.08. The van der Waals surface area contributed by atoms with E-state index >= 15 is 0 Å². The second-order valence-corrected chi connectivity index (χ2v) is 4.61. The van der Waals surface area contributed by atoms with Crippen LogP contribution in [-0.2, 0) is 0 Å². The molecule has 3 N–H and O–H groups in total. The summed E-state index contributed by atoms with van der Waals surface area (Å²) in [4.78, 5) is 0.821. The second kappa shape index (κ2) is 4.29. The highest BCUT2D eigenvalue weighted by molar-refractivity contribution is 9.10. The average Bonchev–Trinajstić information content (AvgIpc) is 2.49. The van der Waals surface area contributed by atoms with Crippen molar-refractivity contribution in [3.05, 3.63) is 33.6 Å². The minimum atomic E-state index is 0. The molecule has 0 unspecified atom stereocenters. The number of halogens is 2. The van der Waals surface area contributed by atoms with E-state index in [2.05, 4.69) is 15.9 Å². The molecule has 2 nitrogen and oxygen atoms in total. The van der Waals surface area contributed by atoms with E-state index in [4.69, 9.17) is 11.1 Å². The van der Waals surface area contributed by atoms with Crippen LogP contribution in [-0.4, -0.2) is 5.84 Å². The number of benzene rings is 1. The number of hydrogen-bond donors (Lipinski definition) is 2. The molecule has 0 aliphatic rings. The molecule has 0 radical (unpaired) electrons. The Kier molecular flexibility index (Phi) is 3.53. The predicted octanol–water partition coefficient (Wildman–Crippen LogP) is 3.37. The molecule has 0 bridgehead atoms. The Hall–Kier alpha value is -0.580. The molecule has 0 spiro atoms. The number of nitrogen functional groups attached to an aromatic ring is 1.